The highest BCUT2D eigenvalue weighted by molar-refractivity contribution is 8.31. The average Bonchev–Trinajstić information content (AvgIpc) is 3.31. The second-order valence-electron chi connectivity index (χ2n) is 7.80. The first-order valence-electron chi connectivity index (χ1n) is 8.56. The molecule has 27 heavy (non-hydrogen) atoms. The average molecular weight is 403 g/mol. The van der Waals surface area contributed by atoms with Crippen molar-refractivity contribution in [1.82, 2.24) is 9.80 Å². The van der Waals surface area contributed by atoms with Gasteiger partial charge in [0.25, 0.3) is 11.8 Å². The number of ether oxygens (including phenoxy) is 2. The third kappa shape index (κ3) is 1.61. The van der Waals surface area contributed by atoms with Crippen LogP contribution >= 0.6 is 0 Å². The molecule has 4 aliphatic rings. The van der Waals surface area contributed by atoms with Crippen molar-refractivity contribution in [2.45, 2.75) is 36.1 Å². The molecule has 7 nitrogen and oxygen atoms in total. The van der Waals surface area contributed by atoms with E-state index in [1.54, 1.807) is 37.9 Å². The van der Waals surface area contributed by atoms with Crippen LogP contribution in [0, 0.1) is 16.7 Å². The van der Waals surface area contributed by atoms with Crippen LogP contribution in [0.2, 0.25) is 0 Å². The van der Waals surface area contributed by atoms with Gasteiger partial charge in [0.05, 0.1) is 17.5 Å². The fourth-order valence-electron chi connectivity index (χ4n) is 4.92. The molecule has 3 saturated heterocycles. The van der Waals surface area contributed by atoms with Crippen LogP contribution in [-0.2, 0) is 30.2 Å². The summed E-state index contributed by atoms with van der Waals surface area (Å²) in [6.45, 7) is 3.69. The van der Waals surface area contributed by atoms with Gasteiger partial charge in [0.1, 0.15) is 0 Å². The van der Waals surface area contributed by atoms with Crippen molar-refractivity contribution >= 4 is 32.5 Å². The van der Waals surface area contributed by atoms with Crippen LogP contribution < -0.4 is 9.47 Å². The molecule has 0 aliphatic carbocycles. The van der Waals surface area contributed by atoms with E-state index < -0.39 is 30.7 Å². The van der Waals surface area contributed by atoms with Crippen molar-refractivity contribution in [3.05, 3.63) is 23.8 Å². The number of carbonyl (C=O) groups excluding carboxylic acids is 2. The number of nitriles is 1. The Hall–Kier alpha value is -2.18. The Labute approximate surface area is 163 Å². The standard InChI is InChI=1S/C18H17N3O4S2/c1-16(8-19)7-18-15(23)20(3)17(2,27(18)26)14(22)21(18)13(16)10-4-5-11-12(6-10)25-9-24-11/h4-6,13H,7,9H2,1-3H3/t13-,16+,17?,18+,27?/m0/s1. The van der Waals surface area contributed by atoms with Gasteiger partial charge < -0.3 is 19.3 Å². The molecule has 0 saturated carbocycles. The van der Waals surface area contributed by atoms with E-state index in [0.29, 0.717) is 11.5 Å². The summed E-state index contributed by atoms with van der Waals surface area (Å²) in [5.74, 6) is 0.875. The minimum atomic E-state index is -1.12. The molecular formula is C18H17N3O4S2. The van der Waals surface area contributed by atoms with Gasteiger partial charge in [-0.2, -0.15) is 5.26 Å². The van der Waals surface area contributed by atoms with E-state index in [9.17, 15) is 14.9 Å². The Morgan fingerprint density at radius 1 is 1.26 bits per heavy atom. The number of hydrogen-bond acceptors (Lipinski definition) is 6. The number of nitrogens with zero attached hydrogens (tertiary/aromatic N) is 3. The molecule has 4 heterocycles. The molecule has 1 aromatic carbocycles. The number of fused-ring (bicyclic) bond motifs is 2. The van der Waals surface area contributed by atoms with Gasteiger partial charge in [0, 0.05) is 13.5 Å². The Balaban J connectivity index is 1.73. The molecule has 140 valence electrons. The summed E-state index contributed by atoms with van der Waals surface area (Å²) in [7, 11) is 0.689. The lowest BCUT2D eigenvalue weighted by atomic mass is 9.79. The molecular weight excluding hydrogens is 386 g/mol. The third-order valence-corrected chi connectivity index (χ3v) is 10.5. The van der Waals surface area contributed by atoms with E-state index in [1.807, 2.05) is 6.07 Å². The van der Waals surface area contributed by atoms with Crippen molar-refractivity contribution in [2.24, 2.45) is 5.41 Å². The minimum absolute atomic E-state index is 0.141. The van der Waals surface area contributed by atoms with Gasteiger partial charge in [-0.25, -0.2) is 0 Å². The quantitative estimate of drug-likeness (QED) is 0.701. The number of hydrogen-bond donors (Lipinski definition) is 0. The first kappa shape index (κ1) is 17.0. The largest absolute Gasteiger partial charge is 0.454 e. The van der Waals surface area contributed by atoms with Gasteiger partial charge in [-0.15, -0.1) is 0 Å². The second-order valence-corrected chi connectivity index (χ2v) is 10.8. The van der Waals surface area contributed by atoms with Gasteiger partial charge >= 0.3 is 0 Å². The molecule has 0 N–H and O–H groups in total. The zero-order valence-electron chi connectivity index (χ0n) is 15.0. The van der Waals surface area contributed by atoms with Crippen molar-refractivity contribution in [1.29, 1.82) is 5.26 Å². The number of likely N-dealkylation sites (N-methyl/N-ethyl adjacent to an activating group) is 1. The van der Waals surface area contributed by atoms with E-state index >= 15 is 0 Å². The van der Waals surface area contributed by atoms with Crippen LogP contribution in [-0.4, -0.2) is 45.2 Å². The van der Waals surface area contributed by atoms with Crippen LogP contribution in [0.4, 0.5) is 0 Å². The summed E-state index contributed by atoms with van der Waals surface area (Å²) < 4.78 is 10.8. The van der Waals surface area contributed by atoms with Crippen LogP contribution in [0.3, 0.4) is 0 Å². The number of carbonyl (C=O) groups is 2. The molecule has 2 unspecified atom stereocenters. The van der Waals surface area contributed by atoms with Gasteiger partial charge in [-0.05, 0) is 42.7 Å². The highest BCUT2D eigenvalue weighted by Gasteiger charge is 2.80. The first-order chi connectivity index (χ1) is 12.7. The molecule has 2 amide bonds. The SMILES string of the molecule is CN1C(=O)[C@]23C[C@](C)(C#N)[C@H](c4ccc5c(c4)OCO5)N2C(=O)C1(C)S3=S. The number of benzene rings is 1. The fraction of sp³-hybridized carbons (Fsp3) is 0.500. The summed E-state index contributed by atoms with van der Waals surface area (Å²) in [5, 5.41) is 10.0. The molecule has 4 aliphatic heterocycles. The van der Waals surface area contributed by atoms with Crippen molar-refractivity contribution in [3.8, 4) is 17.6 Å². The van der Waals surface area contributed by atoms with Gasteiger partial charge in [-0.1, -0.05) is 15.5 Å². The van der Waals surface area contributed by atoms with Gasteiger partial charge in [-0.3, -0.25) is 9.59 Å². The summed E-state index contributed by atoms with van der Waals surface area (Å²) in [4.78, 5) is 27.6. The fourth-order valence-corrected chi connectivity index (χ4v) is 8.44. The third-order valence-electron chi connectivity index (χ3n) is 6.39. The molecule has 5 rings (SSSR count). The number of rotatable bonds is 1. The van der Waals surface area contributed by atoms with Crippen molar-refractivity contribution in [3.63, 3.8) is 0 Å². The Morgan fingerprint density at radius 2 is 1.96 bits per heavy atom. The van der Waals surface area contributed by atoms with E-state index in [1.165, 1.54) is 4.90 Å². The van der Waals surface area contributed by atoms with Gasteiger partial charge in [0.2, 0.25) is 6.79 Å². The summed E-state index contributed by atoms with van der Waals surface area (Å²) in [6.07, 6.45) is 0.243. The number of amides is 2. The lowest BCUT2D eigenvalue weighted by molar-refractivity contribution is -0.159. The van der Waals surface area contributed by atoms with E-state index in [4.69, 9.17) is 20.7 Å². The van der Waals surface area contributed by atoms with E-state index in [0.717, 1.165) is 5.56 Å². The minimum Gasteiger partial charge on any atom is -0.454 e. The second kappa shape index (κ2) is 4.80. The molecule has 3 fully saturated rings. The van der Waals surface area contributed by atoms with Crippen LogP contribution in [0.5, 0.6) is 11.5 Å². The van der Waals surface area contributed by atoms with Crippen LogP contribution in [0.1, 0.15) is 31.9 Å². The molecule has 9 heteroatoms. The van der Waals surface area contributed by atoms with Crippen molar-refractivity contribution in [2.75, 3.05) is 13.8 Å². The summed E-state index contributed by atoms with van der Waals surface area (Å²) >= 11 is 5.76. The highest BCUT2D eigenvalue weighted by atomic mass is 32.8. The van der Waals surface area contributed by atoms with Gasteiger partial charge in [0.15, 0.2) is 21.2 Å². The molecule has 1 spiro atoms. The Morgan fingerprint density at radius 3 is 2.67 bits per heavy atom. The maximum atomic E-state index is 13.5. The molecule has 0 aromatic heterocycles. The monoisotopic (exact) mass is 403 g/mol. The predicted molar refractivity (Wildman–Crippen MR) is 99.1 cm³/mol. The first-order valence-corrected chi connectivity index (χ1v) is 10.7. The maximum absolute atomic E-state index is 13.5. The highest BCUT2D eigenvalue weighted by Crippen LogP contribution is 2.65. The Bertz CT molecular complexity index is 1010. The topological polar surface area (TPSA) is 82.9 Å². The van der Waals surface area contributed by atoms with E-state index in [-0.39, 0.29) is 25.0 Å². The summed E-state index contributed by atoms with van der Waals surface area (Å²) in [5.41, 5.74) is -0.178. The maximum Gasteiger partial charge on any atom is 0.261 e. The predicted octanol–water partition coefficient (Wildman–Crippen LogP) is 1.20. The lowest BCUT2D eigenvalue weighted by Gasteiger charge is -2.39. The zero-order valence-corrected chi connectivity index (χ0v) is 16.6. The molecule has 1 aromatic rings. The Kier molecular flexibility index (Phi) is 3.02. The van der Waals surface area contributed by atoms with Crippen molar-refractivity contribution < 1.29 is 19.1 Å². The van der Waals surface area contributed by atoms with Crippen LogP contribution in [0.15, 0.2) is 18.2 Å². The normalized spacial score (nSPS) is 41.3. The molecule has 0 radical (unpaired) electrons. The summed E-state index contributed by atoms with van der Waals surface area (Å²) in [6, 6.07) is 7.23. The zero-order chi connectivity index (χ0) is 19.4. The smallest absolute Gasteiger partial charge is 0.261 e. The molecule has 2 bridgehead atoms. The van der Waals surface area contributed by atoms with E-state index in [2.05, 4.69) is 6.07 Å². The van der Waals surface area contributed by atoms with Crippen LogP contribution in [0.25, 0.3) is 0 Å². The number of piperazine rings is 1. The lowest BCUT2D eigenvalue weighted by Crippen LogP contribution is -2.60. The molecule has 5 atom stereocenters.